The van der Waals surface area contributed by atoms with Crippen molar-refractivity contribution < 1.29 is 4.42 Å². The molecule has 0 aromatic carbocycles. The Labute approximate surface area is 131 Å². The molecule has 0 amide bonds. The van der Waals surface area contributed by atoms with E-state index in [1.165, 1.54) is 6.33 Å². The van der Waals surface area contributed by atoms with Gasteiger partial charge in [-0.15, -0.1) is 0 Å². The molecule has 3 aromatic rings. The Morgan fingerprint density at radius 2 is 2.20 bits per heavy atom. The number of halogens is 2. The van der Waals surface area contributed by atoms with Crippen LogP contribution in [0, 0.1) is 0 Å². The maximum Gasteiger partial charge on any atom is 0.183 e. The largest absolute Gasteiger partial charge is 0.451 e. The molecule has 0 fully saturated rings. The van der Waals surface area contributed by atoms with Crippen LogP contribution in [0.5, 0.6) is 0 Å². The van der Waals surface area contributed by atoms with E-state index in [-0.39, 0.29) is 0 Å². The van der Waals surface area contributed by atoms with Crippen molar-refractivity contribution in [3.8, 4) is 5.82 Å². The molecule has 0 radical (unpaired) electrons. The van der Waals surface area contributed by atoms with Gasteiger partial charge in [-0.2, -0.15) is 5.10 Å². The number of aromatic nitrogens is 4. The van der Waals surface area contributed by atoms with Crippen molar-refractivity contribution in [1.29, 1.82) is 0 Å². The van der Waals surface area contributed by atoms with Crippen molar-refractivity contribution in [2.45, 2.75) is 6.54 Å². The third-order valence-corrected chi connectivity index (χ3v) is 4.27. The molecule has 0 saturated carbocycles. The van der Waals surface area contributed by atoms with Crippen molar-refractivity contribution in [2.75, 3.05) is 5.32 Å². The summed E-state index contributed by atoms with van der Waals surface area (Å²) in [7, 11) is 0. The zero-order valence-electron chi connectivity index (χ0n) is 10.1. The quantitative estimate of drug-likeness (QED) is 0.729. The number of nitrogens with zero attached hydrogens (tertiary/aromatic N) is 4. The Balaban J connectivity index is 1.66. The molecule has 3 rings (SSSR count). The molecule has 8 heteroatoms. The summed E-state index contributed by atoms with van der Waals surface area (Å²) in [4.78, 5) is 8.19. The monoisotopic (exact) mass is 397 g/mol. The van der Waals surface area contributed by atoms with Crippen molar-refractivity contribution in [3.05, 3.63) is 52.0 Å². The molecular weight excluding hydrogens is 390 g/mol. The highest BCUT2D eigenvalue weighted by Gasteiger charge is 2.06. The van der Waals surface area contributed by atoms with Crippen molar-refractivity contribution >= 4 is 37.5 Å². The first-order chi connectivity index (χ1) is 9.72. The van der Waals surface area contributed by atoms with Crippen LogP contribution in [-0.4, -0.2) is 19.7 Å². The van der Waals surface area contributed by atoms with E-state index in [1.807, 2.05) is 18.2 Å². The summed E-state index contributed by atoms with van der Waals surface area (Å²) in [6, 6.07) is 5.70. The average molecular weight is 399 g/mol. The molecule has 6 nitrogen and oxygen atoms in total. The van der Waals surface area contributed by atoms with E-state index >= 15 is 0 Å². The van der Waals surface area contributed by atoms with Crippen LogP contribution in [0.15, 0.2) is 50.6 Å². The molecule has 1 N–H and O–H groups in total. The Kier molecular flexibility index (Phi) is 3.83. The number of hydrogen-bond acceptors (Lipinski definition) is 5. The number of furan rings is 1. The van der Waals surface area contributed by atoms with Gasteiger partial charge in [0.15, 0.2) is 10.5 Å². The van der Waals surface area contributed by atoms with Crippen LogP contribution in [0.4, 0.5) is 5.69 Å². The second kappa shape index (κ2) is 5.76. The minimum Gasteiger partial charge on any atom is -0.451 e. The SMILES string of the molecule is Brc1cc(CNc2ccc(-n3cncn3)nc2)oc1Br. The van der Waals surface area contributed by atoms with Crippen molar-refractivity contribution in [1.82, 2.24) is 19.7 Å². The van der Waals surface area contributed by atoms with Gasteiger partial charge in [0.1, 0.15) is 18.4 Å². The summed E-state index contributed by atoms with van der Waals surface area (Å²) in [6.07, 6.45) is 4.82. The van der Waals surface area contributed by atoms with Gasteiger partial charge in [0.2, 0.25) is 0 Å². The Bertz CT molecular complexity index is 674. The van der Waals surface area contributed by atoms with Crippen molar-refractivity contribution in [3.63, 3.8) is 0 Å². The predicted octanol–water partition coefficient (Wildman–Crippen LogP) is 3.39. The first-order valence-corrected chi connectivity index (χ1v) is 7.29. The number of rotatable bonds is 4. The van der Waals surface area contributed by atoms with Gasteiger partial charge in [0.05, 0.1) is 22.9 Å². The molecule has 0 bridgehead atoms. The van der Waals surface area contributed by atoms with Gasteiger partial charge < -0.3 is 9.73 Å². The van der Waals surface area contributed by atoms with Crippen LogP contribution in [0.3, 0.4) is 0 Å². The molecule has 0 unspecified atom stereocenters. The molecule has 0 spiro atoms. The molecule has 3 aromatic heterocycles. The lowest BCUT2D eigenvalue weighted by Crippen LogP contribution is -2.01. The van der Waals surface area contributed by atoms with Crippen LogP contribution < -0.4 is 5.32 Å². The van der Waals surface area contributed by atoms with Crippen molar-refractivity contribution in [2.24, 2.45) is 0 Å². The van der Waals surface area contributed by atoms with Crippen LogP contribution in [0.25, 0.3) is 5.82 Å². The second-order valence-electron chi connectivity index (χ2n) is 3.93. The highest BCUT2D eigenvalue weighted by Crippen LogP contribution is 2.27. The molecule has 3 heterocycles. The lowest BCUT2D eigenvalue weighted by Gasteiger charge is -2.05. The Morgan fingerprint density at radius 1 is 1.30 bits per heavy atom. The second-order valence-corrected chi connectivity index (χ2v) is 5.51. The summed E-state index contributed by atoms with van der Waals surface area (Å²) < 4.78 is 8.67. The molecule has 0 saturated heterocycles. The molecular formula is C12H9Br2N5O. The fraction of sp³-hybridized carbons (Fsp3) is 0.0833. The highest BCUT2D eigenvalue weighted by atomic mass is 79.9. The van der Waals surface area contributed by atoms with Crippen LogP contribution in [0.1, 0.15) is 5.76 Å². The normalized spacial score (nSPS) is 10.7. The summed E-state index contributed by atoms with van der Waals surface area (Å²) in [5.74, 6) is 1.54. The number of anilines is 1. The van der Waals surface area contributed by atoms with E-state index < -0.39 is 0 Å². The lowest BCUT2D eigenvalue weighted by molar-refractivity contribution is 0.494. The molecule has 0 atom stereocenters. The summed E-state index contributed by atoms with van der Waals surface area (Å²) in [5, 5.41) is 7.25. The Morgan fingerprint density at radius 3 is 2.80 bits per heavy atom. The first-order valence-electron chi connectivity index (χ1n) is 5.71. The standard InChI is InChI=1S/C12H9Br2N5O/c13-10-3-9(20-12(10)14)5-16-8-1-2-11(17-4-8)19-7-15-6-18-19/h1-4,6-7,16H,5H2. The topological polar surface area (TPSA) is 68.8 Å². The fourth-order valence-corrected chi connectivity index (χ4v) is 2.28. The minimum atomic E-state index is 0.578. The first kappa shape index (κ1) is 13.3. The molecule has 0 aliphatic rings. The Hall–Kier alpha value is -1.67. The zero-order valence-corrected chi connectivity index (χ0v) is 13.3. The van der Waals surface area contributed by atoms with Gasteiger partial charge >= 0.3 is 0 Å². The number of nitrogens with one attached hydrogen (secondary N) is 1. The maximum absolute atomic E-state index is 5.48. The van der Waals surface area contributed by atoms with Crippen LogP contribution in [0.2, 0.25) is 0 Å². The van der Waals surface area contributed by atoms with Gasteiger partial charge in [0, 0.05) is 0 Å². The third kappa shape index (κ3) is 2.91. The van der Waals surface area contributed by atoms with E-state index in [9.17, 15) is 0 Å². The smallest absolute Gasteiger partial charge is 0.183 e. The highest BCUT2D eigenvalue weighted by molar-refractivity contribution is 9.13. The number of hydrogen-bond donors (Lipinski definition) is 1. The summed E-state index contributed by atoms with van der Waals surface area (Å²) in [5.41, 5.74) is 0.900. The van der Waals surface area contributed by atoms with Gasteiger partial charge in [-0.3, -0.25) is 0 Å². The van der Waals surface area contributed by atoms with E-state index in [2.05, 4.69) is 52.2 Å². The van der Waals surface area contributed by atoms with Crippen LogP contribution >= 0.6 is 31.9 Å². The zero-order chi connectivity index (χ0) is 13.9. The number of pyridine rings is 1. The van der Waals surface area contributed by atoms with Gasteiger partial charge in [-0.25, -0.2) is 14.6 Å². The summed E-state index contributed by atoms with van der Waals surface area (Å²) in [6.45, 7) is 0.578. The van der Waals surface area contributed by atoms with E-state index in [4.69, 9.17) is 4.42 Å². The molecule has 102 valence electrons. The lowest BCUT2D eigenvalue weighted by atomic mass is 10.3. The molecule has 0 aliphatic carbocycles. The van der Waals surface area contributed by atoms with E-state index in [0.717, 1.165) is 21.7 Å². The predicted molar refractivity (Wildman–Crippen MR) is 80.6 cm³/mol. The van der Waals surface area contributed by atoms with E-state index in [1.54, 1.807) is 17.2 Å². The average Bonchev–Trinajstić information content (AvgIpc) is 3.08. The molecule has 0 aliphatic heterocycles. The summed E-state index contributed by atoms with van der Waals surface area (Å²) >= 11 is 6.68. The van der Waals surface area contributed by atoms with Gasteiger partial charge in [-0.05, 0) is 50.1 Å². The fourth-order valence-electron chi connectivity index (χ4n) is 1.62. The minimum absolute atomic E-state index is 0.578. The maximum atomic E-state index is 5.48. The molecule has 20 heavy (non-hydrogen) atoms. The van der Waals surface area contributed by atoms with Gasteiger partial charge in [-0.1, -0.05) is 0 Å². The van der Waals surface area contributed by atoms with Crippen LogP contribution in [-0.2, 0) is 6.54 Å². The van der Waals surface area contributed by atoms with E-state index in [0.29, 0.717) is 11.2 Å². The third-order valence-electron chi connectivity index (χ3n) is 2.56. The van der Waals surface area contributed by atoms with Gasteiger partial charge in [0.25, 0.3) is 0 Å².